The molecule has 2 aromatic rings. The molecule has 0 aromatic heterocycles. The van der Waals surface area contributed by atoms with E-state index in [-0.39, 0.29) is 25.0 Å². The third kappa shape index (κ3) is 7.75. The van der Waals surface area contributed by atoms with Gasteiger partial charge >= 0.3 is 0 Å². The number of halogens is 2. The minimum absolute atomic E-state index is 0.163. The van der Waals surface area contributed by atoms with Crippen molar-refractivity contribution in [3.8, 4) is 5.75 Å². The van der Waals surface area contributed by atoms with Gasteiger partial charge in [-0.25, -0.2) is 0 Å². The summed E-state index contributed by atoms with van der Waals surface area (Å²) in [6.45, 7) is 6.56. The van der Waals surface area contributed by atoms with Gasteiger partial charge in [-0.1, -0.05) is 61.7 Å². The van der Waals surface area contributed by atoms with Crippen LogP contribution in [-0.4, -0.2) is 35.9 Å². The molecule has 168 valence electrons. The summed E-state index contributed by atoms with van der Waals surface area (Å²) in [4.78, 5) is 27.5. The molecule has 0 saturated heterocycles. The molecule has 0 heterocycles. The largest absolute Gasteiger partial charge is 0.484 e. The van der Waals surface area contributed by atoms with E-state index in [1.165, 1.54) is 0 Å². The third-order valence-corrected chi connectivity index (χ3v) is 5.64. The van der Waals surface area contributed by atoms with Crippen LogP contribution in [-0.2, 0) is 16.1 Å². The zero-order valence-electron chi connectivity index (χ0n) is 18.3. The highest BCUT2D eigenvalue weighted by molar-refractivity contribution is 6.42. The fraction of sp³-hybridized carbons (Fsp3) is 0.417. The average molecular weight is 465 g/mol. The maximum Gasteiger partial charge on any atom is 0.261 e. The van der Waals surface area contributed by atoms with E-state index in [0.29, 0.717) is 28.8 Å². The number of rotatable bonds is 11. The SMILES string of the molecule is CCCCNC(=O)[C@@H](CC)N(Cc1ccc(Cl)c(Cl)c1)C(=O)COc1cccc(C)c1. The Morgan fingerprint density at radius 3 is 2.52 bits per heavy atom. The molecule has 0 aliphatic heterocycles. The van der Waals surface area contributed by atoms with Crippen LogP contribution < -0.4 is 10.1 Å². The fourth-order valence-electron chi connectivity index (χ4n) is 3.19. The highest BCUT2D eigenvalue weighted by Gasteiger charge is 2.29. The summed E-state index contributed by atoms with van der Waals surface area (Å²) in [5.41, 5.74) is 1.83. The Kier molecular flexibility index (Phi) is 10.2. The lowest BCUT2D eigenvalue weighted by Crippen LogP contribution is -2.50. The van der Waals surface area contributed by atoms with Gasteiger partial charge in [0.2, 0.25) is 5.91 Å². The van der Waals surface area contributed by atoms with Crippen LogP contribution in [0, 0.1) is 6.92 Å². The number of amides is 2. The second kappa shape index (κ2) is 12.6. The van der Waals surface area contributed by atoms with Gasteiger partial charge in [0.25, 0.3) is 5.91 Å². The Bertz CT molecular complexity index is 889. The van der Waals surface area contributed by atoms with E-state index in [1.807, 2.05) is 32.0 Å². The molecule has 1 N–H and O–H groups in total. The van der Waals surface area contributed by atoms with Crippen LogP contribution >= 0.6 is 23.2 Å². The standard InChI is InChI=1S/C24H30Cl2N2O3/c1-4-6-12-27-24(30)22(5-2)28(15-18-10-11-20(25)21(26)14-18)23(29)16-31-19-9-7-8-17(3)13-19/h7-11,13-14,22H,4-6,12,15-16H2,1-3H3,(H,27,30)/t22-/m1/s1. The molecule has 1 atom stereocenters. The summed E-state index contributed by atoms with van der Waals surface area (Å²) in [5, 5.41) is 3.78. The number of hydrogen-bond donors (Lipinski definition) is 1. The number of nitrogens with one attached hydrogen (secondary N) is 1. The zero-order valence-corrected chi connectivity index (χ0v) is 19.8. The van der Waals surface area contributed by atoms with Gasteiger partial charge in [0, 0.05) is 13.1 Å². The summed E-state index contributed by atoms with van der Waals surface area (Å²) < 4.78 is 5.71. The van der Waals surface area contributed by atoms with Crippen molar-refractivity contribution in [3.63, 3.8) is 0 Å². The van der Waals surface area contributed by atoms with Gasteiger partial charge in [-0.05, 0) is 55.2 Å². The van der Waals surface area contributed by atoms with Gasteiger partial charge in [-0.2, -0.15) is 0 Å². The molecule has 2 aromatic carbocycles. The first kappa shape index (κ1) is 25.0. The number of aryl methyl sites for hydroxylation is 1. The lowest BCUT2D eigenvalue weighted by atomic mass is 10.1. The molecule has 2 amide bonds. The second-order valence-electron chi connectivity index (χ2n) is 7.44. The maximum absolute atomic E-state index is 13.2. The smallest absolute Gasteiger partial charge is 0.261 e. The third-order valence-electron chi connectivity index (χ3n) is 4.90. The van der Waals surface area contributed by atoms with Gasteiger partial charge in [-0.15, -0.1) is 0 Å². The van der Waals surface area contributed by atoms with E-state index in [9.17, 15) is 9.59 Å². The van der Waals surface area contributed by atoms with Gasteiger partial charge in [0.1, 0.15) is 11.8 Å². The van der Waals surface area contributed by atoms with Crippen molar-refractivity contribution in [2.24, 2.45) is 0 Å². The van der Waals surface area contributed by atoms with Crippen LogP contribution in [0.4, 0.5) is 0 Å². The molecule has 0 spiro atoms. The van der Waals surface area contributed by atoms with Gasteiger partial charge in [-0.3, -0.25) is 9.59 Å². The van der Waals surface area contributed by atoms with Crippen molar-refractivity contribution in [1.29, 1.82) is 0 Å². The van der Waals surface area contributed by atoms with Crippen LogP contribution in [0.1, 0.15) is 44.2 Å². The van der Waals surface area contributed by atoms with E-state index < -0.39 is 6.04 Å². The normalized spacial score (nSPS) is 11.6. The van der Waals surface area contributed by atoms with Crippen LogP contribution in [0.5, 0.6) is 5.75 Å². The van der Waals surface area contributed by atoms with Crippen molar-refractivity contribution >= 4 is 35.0 Å². The number of carbonyl (C=O) groups is 2. The minimum Gasteiger partial charge on any atom is -0.484 e. The molecule has 0 radical (unpaired) electrons. The fourth-order valence-corrected chi connectivity index (χ4v) is 3.51. The molecular weight excluding hydrogens is 435 g/mol. The van der Waals surface area contributed by atoms with E-state index in [1.54, 1.807) is 29.2 Å². The first-order valence-corrected chi connectivity index (χ1v) is 11.3. The Hall–Kier alpha value is -2.24. The van der Waals surface area contributed by atoms with Crippen molar-refractivity contribution in [3.05, 3.63) is 63.6 Å². The molecule has 0 aliphatic rings. The van der Waals surface area contributed by atoms with E-state index >= 15 is 0 Å². The Morgan fingerprint density at radius 2 is 1.87 bits per heavy atom. The zero-order chi connectivity index (χ0) is 22.8. The predicted octanol–water partition coefficient (Wildman–Crippen LogP) is 5.40. The van der Waals surface area contributed by atoms with Crippen molar-refractivity contribution in [1.82, 2.24) is 10.2 Å². The van der Waals surface area contributed by atoms with Gasteiger partial charge in [0.05, 0.1) is 10.0 Å². The van der Waals surface area contributed by atoms with Crippen LogP contribution in [0.15, 0.2) is 42.5 Å². The number of carbonyl (C=O) groups excluding carboxylic acids is 2. The number of benzene rings is 2. The van der Waals surface area contributed by atoms with Gasteiger partial charge in [0.15, 0.2) is 6.61 Å². The lowest BCUT2D eigenvalue weighted by Gasteiger charge is -2.30. The Balaban J connectivity index is 2.20. The summed E-state index contributed by atoms with van der Waals surface area (Å²) in [6, 6.07) is 12.1. The molecule has 2 rings (SSSR count). The van der Waals surface area contributed by atoms with E-state index in [2.05, 4.69) is 12.2 Å². The Morgan fingerprint density at radius 1 is 1.10 bits per heavy atom. The number of unbranched alkanes of at least 4 members (excludes halogenated alkanes) is 1. The first-order valence-electron chi connectivity index (χ1n) is 10.6. The molecule has 0 unspecified atom stereocenters. The molecule has 0 saturated carbocycles. The van der Waals surface area contributed by atoms with Gasteiger partial charge < -0.3 is 15.0 Å². The first-order chi connectivity index (χ1) is 14.8. The van der Waals surface area contributed by atoms with Crippen molar-refractivity contribution in [2.75, 3.05) is 13.2 Å². The molecule has 5 nitrogen and oxygen atoms in total. The number of ether oxygens (including phenoxy) is 1. The molecular formula is C24H30Cl2N2O3. The van der Waals surface area contributed by atoms with Crippen LogP contribution in [0.2, 0.25) is 10.0 Å². The topological polar surface area (TPSA) is 58.6 Å². The molecule has 31 heavy (non-hydrogen) atoms. The monoisotopic (exact) mass is 464 g/mol. The van der Waals surface area contributed by atoms with E-state index in [4.69, 9.17) is 27.9 Å². The van der Waals surface area contributed by atoms with Crippen LogP contribution in [0.25, 0.3) is 0 Å². The summed E-state index contributed by atoms with van der Waals surface area (Å²) in [6.07, 6.45) is 2.35. The molecule has 0 aliphatic carbocycles. The predicted molar refractivity (Wildman–Crippen MR) is 126 cm³/mol. The average Bonchev–Trinajstić information content (AvgIpc) is 2.74. The molecule has 0 fully saturated rings. The quantitative estimate of drug-likeness (QED) is 0.452. The Labute approximate surface area is 194 Å². The molecule has 0 bridgehead atoms. The highest BCUT2D eigenvalue weighted by Crippen LogP contribution is 2.24. The minimum atomic E-state index is -0.611. The number of hydrogen-bond acceptors (Lipinski definition) is 3. The molecule has 7 heteroatoms. The number of nitrogens with zero attached hydrogens (tertiary/aromatic N) is 1. The highest BCUT2D eigenvalue weighted by atomic mass is 35.5. The summed E-state index contributed by atoms with van der Waals surface area (Å²) >= 11 is 12.2. The summed E-state index contributed by atoms with van der Waals surface area (Å²) in [7, 11) is 0. The maximum atomic E-state index is 13.2. The lowest BCUT2D eigenvalue weighted by molar-refractivity contribution is -0.143. The van der Waals surface area contributed by atoms with E-state index in [0.717, 1.165) is 24.0 Å². The summed E-state index contributed by atoms with van der Waals surface area (Å²) in [5.74, 6) is 0.174. The van der Waals surface area contributed by atoms with Crippen molar-refractivity contribution in [2.45, 2.75) is 52.6 Å². The van der Waals surface area contributed by atoms with Crippen molar-refractivity contribution < 1.29 is 14.3 Å². The second-order valence-corrected chi connectivity index (χ2v) is 8.26. The van der Waals surface area contributed by atoms with Crippen LogP contribution in [0.3, 0.4) is 0 Å².